The summed E-state index contributed by atoms with van der Waals surface area (Å²) < 4.78 is 4.47. The van der Waals surface area contributed by atoms with Gasteiger partial charge in [-0.2, -0.15) is 0 Å². The van der Waals surface area contributed by atoms with E-state index >= 15 is 0 Å². The first-order valence-electron chi connectivity index (χ1n) is 5.58. The lowest BCUT2D eigenvalue weighted by molar-refractivity contribution is -0.133. The second kappa shape index (κ2) is 6.47. The van der Waals surface area contributed by atoms with Gasteiger partial charge in [0.05, 0.1) is 7.11 Å². The highest BCUT2D eigenvalue weighted by atomic mass is 16.5. The maximum atomic E-state index is 10.8. The van der Waals surface area contributed by atoms with E-state index in [0.717, 1.165) is 13.0 Å². The lowest BCUT2D eigenvalue weighted by Crippen LogP contribution is -2.38. The van der Waals surface area contributed by atoms with Crippen LogP contribution in [0.5, 0.6) is 0 Å². The standard InChI is InChI=1S/C12H19NO2/c1-3-13-10-5-4-7-11(13)8-6-9-12(14)15-2/h11H,3-5,7-8,10H2,1-2H3. The van der Waals surface area contributed by atoms with Crippen molar-refractivity contribution in [3.63, 3.8) is 0 Å². The Morgan fingerprint density at radius 1 is 1.53 bits per heavy atom. The molecule has 0 bridgehead atoms. The molecule has 1 atom stereocenters. The van der Waals surface area contributed by atoms with E-state index in [9.17, 15) is 4.79 Å². The summed E-state index contributed by atoms with van der Waals surface area (Å²) in [7, 11) is 1.36. The molecule has 0 radical (unpaired) electrons. The van der Waals surface area contributed by atoms with E-state index in [-0.39, 0.29) is 0 Å². The van der Waals surface area contributed by atoms with Crippen molar-refractivity contribution < 1.29 is 9.53 Å². The summed E-state index contributed by atoms with van der Waals surface area (Å²) >= 11 is 0. The fourth-order valence-corrected chi connectivity index (χ4v) is 2.00. The van der Waals surface area contributed by atoms with E-state index in [2.05, 4.69) is 28.4 Å². The Morgan fingerprint density at radius 3 is 3.00 bits per heavy atom. The third-order valence-electron chi connectivity index (χ3n) is 2.87. The van der Waals surface area contributed by atoms with Crippen LogP contribution in [0.15, 0.2) is 0 Å². The van der Waals surface area contributed by atoms with Gasteiger partial charge in [-0.25, -0.2) is 4.79 Å². The molecule has 0 N–H and O–H groups in total. The molecular formula is C12H19NO2. The smallest absolute Gasteiger partial charge is 0.384 e. The monoisotopic (exact) mass is 209 g/mol. The molecule has 3 nitrogen and oxygen atoms in total. The van der Waals surface area contributed by atoms with Gasteiger partial charge in [-0.15, -0.1) is 0 Å². The second-order valence-electron chi connectivity index (χ2n) is 3.78. The average Bonchev–Trinajstić information content (AvgIpc) is 2.29. The van der Waals surface area contributed by atoms with Crippen molar-refractivity contribution in [2.24, 2.45) is 0 Å². The molecule has 0 aliphatic carbocycles. The highest BCUT2D eigenvalue weighted by Gasteiger charge is 2.19. The number of ether oxygens (including phenoxy) is 1. The van der Waals surface area contributed by atoms with E-state index in [0.29, 0.717) is 6.04 Å². The van der Waals surface area contributed by atoms with Crippen molar-refractivity contribution >= 4 is 5.97 Å². The number of carbonyl (C=O) groups is 1. The van der Waals surface area contributed by atoms with Crippen molar-refractivity contribution in [2.45, 2.75) is 38.6 Å². The average molecular weight is 209 g/mol. The van der Waals surface area contributed by atoms with Crippen LogP contribution in [0.1, 0.15) is 32.6 Å². The van der Waals surface area contributed by atoms with Crippen LogP contribution < -0.4 is 0 Å². The molecule has 1 rings (SSSR count). The summed E-state index contributed by atoms with van der Waals surface area (Å²) in [6.07, 6.45) is 4.54. The van der Waals surface area contributed by atoms with Crippen LogP contribution in [0.3, 0.4) is 0 Å². The van der Waals surface area contributed by atoms with Crippen molar-refractivity contribution in [3.8, 4) is 11.8 Å². The summed E-state index contributed by atoms with van der Waals surface area (Å²) in [5.41, 5.74) is 0. The van der Waals surface area contributed by atoms with Crippen LogP contribution >= 0.6 is 0 Å². The molecule has 0 aromatic rings. The zero-order chi connectivity index (χ0) is 11.1. The highest BCUT2D eigenvalue weighted by Crippen LogP contribution is 2.18. The molecule has 0 amide bonds. The van der Waals surface area contributed by atoms with Crippen molar-refractivity contribution in [1.82, 2.24) is 4.90 Å². The number of rotatable bonds is 2. The Morgan fingerprint density at radius 2 is 2.33 bits per heavy atom. The number of esters is 1. The minimum atomic E-state index is -0.436. The molecule has 1 heterocycles. The summed E-state index contributed by atoms with van der Waals surface area (Å²) in [4.78, 5) is 13.2. The van der Waals surface area contributed by atoms with Crippen LogP contribution in [0.2, 0.25) is 0 Å². The SMILES string of the molecule is CCN1CCCCC1CC#CC(=O)OC. The van der Waals surface area contributed by atoms with E-state index in [4.69, 9.17) is 0 Å². The fraction of sp³-hybridized carbons (Fsp3) is 0.750. The maximum Gasteiger partial charge on any atom is 0.384 e. The van der Waals surface area contributed by atoms with E-state index in [1.165, 1.54) is 32.9 Å². The van der Waals surface area contributed by atoms with Gasteiger partial charge in [0.25, 0.3) is 0 Å². The number of hydrogen-bond donors (Lipinski definition) is 0. The van der Waals surface area contributed by atoms with Gasteiger partial charge in [0, 0.05) is 18.4 Å². The number of carbonyl (C=O) groups excluding carboxylic acids is 1. The molecule has 0 aromatic carbocycles. The molecule has 1 saturated heterocycles. The van der Waals surface area contributed by atoms with Crippen molar-refractivity contribution in [3.05, 3.63) is 0 Å². The predicted octanol–water partition coefficient (Wildman–Crippen LogP) is 1.43. The lowest BCUT2D eigenvalue weighted by Gasteiger charge is -2.33. The van der Waals surface area contributed by atoms with Crippen molar-refractivity contribution in [1.29, 1.82) is 0 Å². The molecule has 15 heavy (non-hydrogen) atoms. The number of methoxy groups -OCH3 is 1. The lowest BCUT2D eigenvalue weighted by atomic mass is 10.00. The molecule has 3 heteroatoms. The number of hydrogen-bond acceptors (Lipinski definition) is 3. The number of nitrogens with zero attached hydrogens (tertiary/aromatic N) is 1. The molecule has 1 aliphatic rings. The number of likely N-dealkylation sites (tertiary alicyclic amines) is 1. The summed E-state index contributed by atoms with van der Waals surface area (Å²) in [6, 6.07) is 0.529. The van der Waals surface area contributed by atoms with E-state index < -0.39 is 5.97 Å². The minimum Gasteiger partial charge on any atom is -0.459 e. The Bertz CT molecular complexity index is 265. The molecular weight excluding hydrogens is 190 g/mol. The molecule has 1 aliphatic heterocycles. The minimum absolute atomic E-state index is 0.436. The van der Waals surface area contributed by atoms with Gasteiger partial charge in [-0.3, -0.25) is 4.90 Å². The van der Waals surface area contributed by atoms with Gasteiger partial charge in [-0.05, 0) is 25.9 Å². The predicted molar refractivity (Wildman–Crippen MR) is 59.3 cm³/mol. The van der Waals surface area contributed by atoms with Crippen LogP contribution in [0.25, 0.3) is 0 Å². The largest absolute Gasteiger partial charge is 0.459 e. The topological polar surface area (TPSA) is 29.5 Å². The third kappa shape index (κ3) is 3.93. The maximum absolute atomic E-state index is 10.8. The summed E-state index contributed by atoms with van der Waals surface area (Å²) in [5, 5.41) is 0. The third-order valence-corrected chi connectivity index (χ3v) is 2.87. The van der Waals surface area contributed by atoms with Crippen LogP contribution in [-0.2, 0) is 9.53 Å². The highest BCUT2D eigenvalue weighted by molar-refractivity contribution is 5.88. The van der Waals surface area contributed by atoms with Crippen molar-refractivity contribution in [2.75, 3.05) is 20.2 Å². The Hall–Kier alpha value is -1.01. The molecule has 0 saturated carbocycles. The van der Waals surface area contributed by atoms with Gasteiger partial charge in [0.2, 0.25) is 0 Å². The molecule has 0 spiro atoms. The Balaban J connectivity index is 2.40. The first-order chi connectivity index (χ1) is 7.27. The zero-order valence-electron chi connectivity index (χ0n) is 9.58. The first kappa shape index (κ1) is 12.1. The quantitative estimate of drug-likeness (QED) is 0.391. The van der Waals surface area contributed by atoms with Gasteiger partial charge in [0.15, 0.2) is 0 Å². The van der Waals surface area contributed by atoms with Gasteiger partial charge in [-0.1, -0.05) is 19.3 Å². The van der Waals surface area contributed by atoms with Gasteiger partial charge in [0.1, 0.15) is 0 Å². The van der Waals surface area contributed by atoms with Crippen LogP contribution in [0.4, 0.5) is 0 Å². The van der Waals surface area contributed by atoms with Gasteiger partial charge < -0.3 is 4.74 Å². The van der Waals surface area contributed by atoms with E-state index in [1.807, 2.05) is 0 Å². The van der Waals surface area contributed by atoms with Crippen LogP contribution in [-0.4, -0.2) is 37.1 Å². The second-order valence-corrected chi connectivity index (χ2v) is 3.78. The normalized spacial score (nSPS) is 21.6. The fourth-order valence-electron chi connectivity index (χ4n) is 2.00. The Labute approximate surface area is 91.8 Å². The summed E-state index contributed by atoms with van der Waals surface area (Å²) in [5.74, 6) is 4.95. The molecule has 0 aromatic heterocycles. The zero-order valence-corrected chi connectivity index (χ0v) is 9.58. The Kier molecular flexibility index (Phi) is 5.20. The molecule has 1 unspecified atom stereocenters. The molecule has 84 valence electrons. The number of piperidine rings is 1. The first-order valence-corrected chi connectivity index (χ1v) is 5.58. The van der Waals surface area contributed by atoms with Crippen LogP contribution in [0, 0.1) is 11.8 Å². The van der Waals surface area contributed by atoms with Gasteiger partial charge >= 0.3 is 5.97 Å². The molecule has 1 fully saturated rings. The van der Waals surface area contributed by atoms with E-state index in [1.54, 1.807) is 0 Å². The summed E-state index contributed by atoms with van der Waals surface area (Å²) in [6.45, 7) is 4.41.